The molecule has 2 aromatic rings. The fraction of sp³-hybridized carbons (Fsp3) is 0.312. The van der Waals surface area contributed by atoms with E-state index in [2.05, 4.69) is 9.97 Å². The molecule has 0 aliphatic rings. The number of aryl methyl sites for hydroxylation is 1. The molecule has 2 rings (SSSR count). The highest BCUT2D eigenvalue weighted by atomic mass is 32.2. The van der Waals surface area contributed by atoms with Crippen LogP contribution in [0, 0.1) is 6.92 Å². The van der Waals surface area contributed by atoms with Crippen molar-refractivity contribution in [1.29, 1.82) is 0 Å². The molecule has 0 aliphatic carbocycles. The Balaban J connectivity index is 2.17. The lowest BCUT2D eigenvalue weighted by atomic mass is 10.1. The second kappa shape index (κ2) is 7.22. The number of ketones is 1. The fourth-order valence-corrected chi connectivity index (χ4v) is 2.57. The summed E-state index contributed by atoms with van der Waals surface area (Å²) in [6.07, 6.45) is 3.59. The third-order valence-corrected chi connectivity index (χ3v) is 3.81. The van der Waals surface area contributed by atoms with Crippen LogP contribution >= 0.6 is 11.8 Å². The zero-order valence-electron chi connectivity index (χ0n) is 12.4. The van der Waals surface area contributed by atoms with E-state index in [1.165, 1.54) is 11.8 Å². The Labute approximate surface area is 129 Å². The quantitative estimate of drug-likeness (QED) is 0.463. The summed E-state index contributed by atoms with van der Waals surface area (Å²) < 4.78 is 5.61. The molecule has 0 N–H and O–H groups in total. The first-order chi connectivity index (χ1) is 10.1. The molecule has 0 saturated carbocycles. The summed E-state index contributed by atoms with van der Waals surface area (Å²) in [6.45, 7) is 6.06. The second-order valence-electron chi connectivity index (χ2n) is 4.64. The van der Waals surface area contributed by atoms with E-state index in [1.807, 2.05) is 26.0 Å². The van der Waals surface area contributed by atoms with Crippen molar-refractivity contribution in [2.24, 2.45) is 0 Å². The third-order valence-electron chi connectivity index (χ3n) is 2.88. The maximum Gasteiger partial charge on any atom is 0.187 e. The van der Waals surface area contributed by atoms with Gasteiger partial charge in [-0.25, -0.2) is 9.97 Å². The molecule has 4 nitrogen and oxygen atoms in total. The zero-order valence-corrected chi connectivity index (χ0v) is 13.2. The highest BCUT2D eigenvalue weighted by Crippen LogP contribution is 2.27. The molecule has 1 aromatic carbocycles. The van der Waals surface area contributed by atoms with Gasteiger partial charge in [0.25, 0.3) is 0 Å². The van der Waals surface area contributed by atoms with Gasteiger partial charge in [0.05, 0.1) is 6.61 Å². The van der Waals surface area contributed by atoms with Crippen molar-refractivity contribution < 1.29 is 9.53 Å². The number of ether oxygens (including phenoxy) is 1. The topological polar surface area (TPSA) is 52.1 Å². The van der Waals surface area contributed by atoms with Gasteiger partial charge in [-0.15, -0.1) is 0 Å². The minimum absolute atomic E-state index is 0.0517. The van der Waals surface area contributed by atoms with Crippen molar-refractivity contribution in [2.75, 3.05) is 6.61 Å². The van der Waals surface area contributed by atoms with E-state index < -0.39 is 0 Å². The number of hydrogen-bond acceptors (Lipinski definition) is 5. The zero-order chi connectivity index (χ0) is 15.2. The van der Waals surface area contributed by atoms with Gasteiger partial charge in [0.1, 0.15) is 5.75 Å². The smallest absolute Gasteiger partial charge is 0.187 e. The van der Waals surface area contributed by atoms with Crippen molar-refractivity contribution >= 4 is 17.5 Å². The number of carbonyl (C=O) groups excluding carboxylic acids is 1. The summed E-state index contributed by atoms with van der Waals surface area (Å²) >= 11 is 1.53. The number of Topliss-reactive ketones (excluding diaryl/α,β-unsaturated/α-hetero) is 1. The lowest BCUT2D eigenvalue weighted by Gasteiger charge is -2.11. The van der Waals surface area contributed by atoms with Gasteiger partial charge in [-0.05, 0) is 44.5 Å². The molecule has 5 heteroatoms. The number of carbonyl (C=O) groups is 1. The normalized spacial score (nSPS) is 10.4. The molecule has 0 radical (unpaired) electrons. The van der Waals surface area contributed by atoms with Crippen LogP contribution in [0.1, 0.15) is 35.3 Å². The molecule has 110 valence electrons. The van der Waals surface area contributed by atoms with Crippen LogP contribution in [0.5, 0.6) is 5.75 Å². The van der Waals surface area contributed by atoms with Crippen LogP contribution in [0.2, 0.25) is 0 Å². The van der Waals surface area contributed by atoms with Gasteiger partial charge in [-0.2, -0.15) is 0 Å². The number of benzene rings is 1. The first-order valence-electron chi connectivity index (χ1n) is 6.78. The largest absolute Gasteiger partial charge is 0.494 e. The minimum Gasteiger partial charge on any atom is -0.494 e. The number of thioether (sulfide) groups is 1. The molecular formula is C16H18N2O2S. The predicted octanol–water partition coefficient (Wildman–Crippen LogP) is 3.68. The summed E-state index contributed by atoms with van der Waals surface area (Å²) in [5.74, 6) is 1.53. The van der Waals surface area contributed by atoms with Gasteiger partial charge >= 0.3 is 0 Å². The van der Waals surface area contributed by atoms with Crippen LogP contribution in [0.4, 0.5) is 0 Å². The Bertz CT molecular complexity index is 627. The molecule has 0 atom stereocenters. The minimum atomic E-state index is 0.0517. The molecule has 1 aromatic heterocycles. The molecular weight excluding hydrogens is 284 g/mol. The van der Waals surface area contributed by atoms with Crippen LogP contribution in [0.15, 0.2) is 35.7 Å². The summed E-state index contributed by atoms with van der Waals surface area (Å²) in [6, 6.07) is 5.53. The van der Waals surface area contributed by atoms with E-state index >= 15 is 0 Å². The molecule has 0 spiro atoms. The number of rotatable bonds is 6. The molecule has 0 saturated heterocycles. The maximum atomic E-state index is 11.5. The van der Waals surface area contributed by atoms with Crippen LogP contribution in [0.3, 0.4) is 0 Å². The first kappa shape index (κ1) is 15.5. The monoisotopic (exact) mass is 302 g/mol. The average molecular weight is 302 g/mol. The first-order valence-corrected chi connectivity index (χ1v) is 7.76. The number of hydrogen-bond donors (Lipinski definition) is 0. The lowest BCUT2D eigenvalue weighted by Crippen LogP contribution is -2.00. The van der Waals surface area contributed by atoms with E-state index in [4.69, 9.17) is 4.74 Å². The Morgan fingerprint density at radius 1 is 1.29 bits per heavy atom. The molecule has 1 heterocycles. The highest BCUT2D eigenvalue weighted by molar-refractivity contribution is 7.98. The van der Waals surface area contributed by atoms with Crippen LogP contribution in [0.25, 0.3) is 0 Å². The lowest BCUT2D eigenvalue weighted by molar-refractivity contribution is 0.101. The van der Waals surface area contributed by atoms with E-state index in [0.29, 0.717) is 17.9 Å². The van der Waals surface area contributed by atoms with E-state index in [0.717, 1.165) is 22.0 Å². The van der Waals surface area contributed by atoms with Gasteiger partial charge in [-0.1, -0.05) is 11.8 Å². The molecule has 21 heavy (non-hydrogen) atoms. The van der Waals surface area contributed by atoms with Gasteiger partial charge < -0.3 is 4.74 Å². The number of nitrogens with zero attached hydrogens (tertiary/aromatic N) is 2. The van der Waals surface area contributed by atoms with Gasteiger partial charge in [0, 0.05) is 29.3 Å². The number of aromatic nitrogens is 2. The molecule has 0 unspecified atom stereocenters. The van der Waals surface area contributed by atoms with Crippen molar-refractivity contribution in [3.8, 4) is 5.75 Å². The fourth-order valence-electron chi connectivity index (χ4n) is 1.81. The Morgan fingerprint density at radius 3 is 2.62 bits per heavy atom. The Hall–Kier alpha value is -1.88. The summed E-state index contributed by atoms with van der Waals surface area (Å²) in [4.78, 5) is 20.0. The second-order valence-corrected chi connectivity index (χ2v) is 5.59. The molecule has 0 fully saturated rings. The Morgan fingerprint density at radius 2 is 2.00 bits per heavy atom. The molecule has 0 amide bonds. The third kappa shape index (κ3) is 4.29. The van der Waals surface area contributed by atoms with Crippen molar-refractivity contribution in [2.45, 2.75) is 31.7 Å². The SMILES string of the molecule is CCOc1ccc(C(C)=O)cc1CSc1ncc(C)cn1. The van der Waals surface area contributed by atoms with E-state index in [9.17, 15) is 4.79 Å². The predicted molar refractivity (Wildman–Crippen MR) is 83.9 cm³/mol. The summed E-state index contributed by atoms with van der Waals surface area (Å²) in [5, 5.41) is 0.719. The van der Waals surface area contributed by atoms with Crippen LogP contribution < -0.4 is 4.74 Å². The summed E-state index contributed by atoms with van der Waals surface area (Å²) in [5.41, 5.74) is 2.71. The molecule has 0 aliphatic heterocycles. The van der Waals surface area contributed by atoms with Gasteiger partial charge in [0.15, 0.2) is 10.9 Å². The average Bonchev–Trinajstić information content (AvgIpc) is 2.48. The van der Waals surface area contributed by atoms with E-state index in [-0.39, 0.29) is 5.78 Å². The van der Waals surface area contributed by atoms with Crippen molar-refractivity contribution in [1.82, 2.24) is 9.97 Å². The van der Waals surface area contributed by atoms with Crippen LogP contribution in [-0.4, -0.2) is 22.4 Å². The van der Waals surface area contributed by atoms with Gasteiger partial charge in [-0.3, -0.25) is 4.79 Å². The van der Waals surface area contributed by atoms with Crippen molar-refractivity contribution in [3.05, 3.63) is 47.3 Å². The summed E-state index contributed by atoms with van der Waals surface area (Å²) in [7, 11) is 0. The maximum absolute atomic E-state index is 11.5. The molecule has 0 bridgehead atoms. The van der Waals surface area contributed by atoms with Crippen molar-refractivity contribution in [3.63, 3.8) is 0 Å². The van der Waals surface area contributed by atoms with Crippen LogP contribution in [-0.2, 0) is 5.75 Å². The van der Waals surface area contributed by atoms with E-state index in [1.54, 1.807) is 25.4 Å². The Kier molecular flexibility index (Phi) is 5.33. The highest BCUT2D eigenvalue weighted by Gasteiger charge is 2.09. The van der Waals surface area contributed by atoms with Gasteiger partial charge in [0.2, 0.25) is 0 Å². The standard InChI is InChI=1S/C16H18N2O2S/c1-4-20-15-6-5-13(12(3)19)7-14(15)10-21-16-17-8-11(2)9-18-16/h5-9H,4,10H2,1-3H3.